The van der Waals surface area contributed by atoms with Gasteiger partial charge in [0.05, 0.1) is 0 Å². The quantitative estimate of drug-likeness (QED) is 0.840. The van der Waals surface area contributed by atoms with Gasteiger partial charge < -0.3 is 5.11 Å². The molecule has 1 atom stereocenters. The van der Waals surface area contributed by atoms with Crippen LogP contribution in [-0.4, -0.2) is 5.11 Å². The monoisotopic (exact) mass is 246 g/mol. The summed E-state index contributed by atoms with van der Waals surface area (Å²) in [4.78, 5) is 0. The number of hydrogen-bond donors (Lipinski definition) is 1. The summed E-state index contributed by atoms with van der Waals surface area (Å²) in [6, 6.07) is 15.3. The number of hydrogen-bond acceptors (Lipinski definition) is 1. The average Bonchev–Trinajstić information content (AvgIpc) is 2.33. The van der Waals surface area contributed by atoms with Crippen molar-refractivity contribution in [2.24, 2.45) is 0 Å². The molecule has 17 heavy (non-hydrogen) atoms. The van der Waals surface area contributed by atoms with Crippen molar-refractivity contribution >= 4 is 11.6 Å². The van der Waals surface area contributed by atoms with Gasteiger partial charge in [-0.25, -0.2) is 0 Å². The van der Waals surface area contributed by atoms with Gasteiger partial charge in [-0.05, 0) is 41.8 Å². The van der Waals surface area contributed by atoms with Gasteiger partial charge in [0, 0.05) is 10.9 Å². The van der Waals surface area contributed by atoms with E-state index in [1.54, 1.807) is 12.1 Å². The number of phenols is 1. The van der Waals surface area contributed by atoms with Crippen molar-refractivity contribution < 1.29 is 5.11 Å². The van der Waals surface area contributed by atoms with Gasteiger partial charge in [-0.3, -0.25) is 0 Å². The van der Waals surface area contributed by atoms with Crippen LogP contribution in [0.3, 0.4) is 0 Å². The predicted molar refractivity (Wildman–Crippen MR) is 71.7 cm³/mol. The zero-order chi connectivity index (χ0) is 12.3. The van der Waals surface area contributed by atoms with Crippen molar-refractivity contribution in [3.63, 3.8) is 0 Å². The Bertz CT molecular complexity index is 491. The predicted octanol–water partition coefficient (Wildman–Crippen LogP) is 4.59. The molecule has 2 aromatic carbocycles. The SMILES string of the molecule is CCC(c1ccc(O)cc1)c1cccc(Cl)c1. The Morgan fingerprint density at radius 3 is 2.35 bits per heavy atom. The second kappa shape index (κ2) is 5.24. The average molecular weight is 247 g/mol. The molecule has 88 valence electrons. The summed E-state index contributed by atoms with van der Waals surface area (Å²) in [5.41, 5.74) is 2.42. The first-order chi connectivity index (χ1) is 8.20. The second-order valence-corrected chi connectivity index (χ2v) is 4.54. The number of aromatic hydroxyl groups is 1. The van der Waals surface area contributed by atoms with E-state index in [1.165, 1.54) is 11.1 Å². The molecular formula is C15H15ClO. The largest absolute Gasteiger partial charge is 0.508 e. The van der Waals surface area contributed by atoms with Crippen molar-refractivity contribution in [1.82, 2.24) is 0 Å². The van der Waals surface area contributed by atoms with Gasteiger partial charge in [0.15, 0.2) is 0 Å². The molecule has 1 unspecified atom stereocenters. The Balaban J connectivity index is 2.36. The van der Waals surface area contributed by atoms with Gasteiger partial charge in [-0.1, -0.05) is 42.8 Å². The molecule has 0 aromatic heterocycles. The van der Waals surface area contributed by atoms with Gasteiger partial charge >= 0.3 is 0 Å². The lowest BCUT2D eigenvalue weighted by Crippen LogP contribution is -1.99. The summed E-state index contributed by atoms with van der Waals surface area (Å²) < 4.78 is 0. The van der Waals surface area contributed by atoms with Gasteiger partial charge in [0.2, 0.25) is 0 Å². The molecule has 0 fully saturated rings. The fourth-order valence-corrected chi connectivity index (χ4v) is 2.29. The van der Waals surface area contributed by atoms with E-state index in [4.69, 9.17) is 11.6 Å². The summed E-state index contributed by atoms with van der Waals surface area (Å²) in [7, 11) is 0. The van der Waals surface area contributed by atoms with Crippen LogP contribution in [0.1, 0.15) is 30.4 Å². The van der Waals surface area contributed by atoms with Crippen molar-refractivity contribution in [2.45, 2.75) is 19.3 Å². The number of halogens is 1. The summed E-state index contributed by atoms with van der Waals surface area (Å²) in [5, 5.41) is 10.1. The molecule has 0 aliphatic rings. The maximum atomic E-state index is 9.30. The molecule has 0 amide bonds. The number of rotatable bonds is 3. The molecule has 0 bridgehead atoms. The fraction of sp³-hybridized carbons (Fsp3) is 0.200. The zero-order valence-electron chi connectivity index (χ0n) is 9.73. The zero-order valence-corrected chi connectivity index (χ0v) is 10.5. The van der Waals surface area contributed by atoms with Gasteiger partial charge in [-0.2, -0.15) is 0 Å². The number of benzene rings is 2. The first-order valence-electron chi connectivity index (χ1n) is 5.75. The first-order valence-corrected chi connectivity index (χ1v) is 6.13. The fourth-order valence-electron chi connectivity index (χ4n) is 2.09. The van der Waals surface area contributed by atoms with E-state index in [9.17, 15) is 5.11 Å². The normalized spacial score (nSPS) is 12.4. The Morgan fingerprint density at radius 2 is 1.76 bits per heavy atom. The third-order valence-corrected chi connectivity index (χ3v) is 3.19. The van der Waals surface area contributed by atoms with E-state index < -0.39 is 0 Å². The molecule has 1 nitrogen and oxygen atoms in total. The molecule has 0 saturated carbocycles. The molecule has 0 aliphatic carbocycles. The minimum atomic E-state index is 0.301. The van der Waals surface area contributed by atoms with Crippen LogP contribution in [0.15, 0.2) is 48.5 Å². The van der Waals surface area contributed by atoms with Crippen LogP contribution in [-0.2, 0) is 0 Å². The van der Waals surface area contributed by atoms with Crippen LogP contribution in [0.5, 0.6) is 5.75 Å². The van der Waals surface area contributed by atoms with Crippen LogP contribution >= 0.6 is 11.6 Å². The van der Waals surface area contributed by atoms with E-state index in [1.807, 2.05) is 30.3 Å². The topological polar surface area (TPSA) is 20.2 Å². The molecule has 0 saturated heterocycles. The van der Waals surface area contributed by atoms with Crippen molar-refractivity contribution in [3.8, 4) is 5.75 Å². The third-order valence-electron chi connectivity index (χ3n) is 2.95. The summed E-state index contributed by atoms with van der Waals surface area (Å²) >= 11 is 6.02. The van der Waals surface area contributed by atoms with E-state index in [-0.39, 0.29) is 0 Å². The van der Waals surface area contributed by atoms with Crippen LogP contribution in [0, 0.1) is 0 Å². The summed E-state index contributed by atoms with van der Waals surface area (Å²) in [6.07, 6.45) is 1.01. The minimum Gasteiger partial charge on any atom is -0.508 e. The van der Waals surface area contributed by atoms with E-state index in [2.05, 4.69) is 13.0 Å². The molecule has 0 radical (unpaired) electrons. The van der Waals surface area contributed by atoms with Crippen molar-refractivity contribution in [1.29, 1.82) is 0 Å². The smallest absolute Gasteiger partial charge is 0.115 e. The molecular weight excluding hydrogens is 232 g/mol. The van der Waals surface area contributed by atoms with Crippen LogP contribution in [0.25, 0.3) is 0 Å². The Kier molecular flexibility index (Phi) is 3.70. The van der Waals surface area contributed by atoms with Gasteiger partial charge in [0.1, 0.15) is 5.75 Å². The van der Waals surface area contributed by atoms with Gasteiger partial charge in [0.25, 0.3) is 0 Å². The highest BCUT2D eigenvalue weighted by Crippen LogP contribution is 2.30. The minimum absolute atomic E-state index is 0.301. The lowest BCUT2D eigenvalue weighted by molar-refractivity contribution is 0.475. The maximum absolute atomic E-state index is 9.30. The van der Waals surface area contributed by atoms with Crippen LogP contribution in [0.4, 0.5) is 0 Å². The van der Waals surface area contributed by atoms with E-state index in [0.29, 0.717) is 11.7 Å². The molecule has 0 heterocycles. The Labute approximate surface area is 107 Å². The van der Waals surface area contributed by atoms with Crippen LogP contribution in [0.2, 0.25) is 5.02 Å². The summed E-state index contributed by atoms with van der Waals surface area (Å²) in [5.74, 6) is 0.629. The standard InChI is InChI=1S/C15H15ClO/c1-2-15(11-6-8-14(17)9-7-11)12-4-3-5-13(16)10-12/h3-10,15,17H,2H2,1H3. The molecule has 2 heteroatoms. The van der Waals surface area contributed by atoms with Crippen molar-refractivity contribution in [3.05, 3.63) is 64.7 Å². The highest BCUT2D eigenvalue weighted by molar-refractivity contribution is 6.30. The lowest BCUT2D eigenvalue weighted by Gasteiger charge is -2.16. The second-order valence-electron chi connectivity index (χ2n) is 4.11. The molecule has 0 spiro atoms. The van der Waals surface area contributed by atoms with E-state index >= 15 is 0 Å². The molecule has 0 aliphatic heterocycles. The number of phenolic OH excluding ortho intramolecular Hbond substituents is 1. The first kappa shape index (κ1) is 12.0. The highest BCUT2D eigenvalue weighted by atomic mass is 35.5. The highest BCUT2D eigenvalue weighted by Gasteiger charge is 2.12. The summed E-state index contributed by atoms with van der Waals surface area (Å²) in [6.45, 7) is 2.15. The Morgan fingerprint density at radius 1 is 1.06 bits per heavy atom. The Hall–Kier alpha value is -1.47. The van der Waals surface area contributed by atoms with Crippen molar-refractivity contribution in [2.75, 3.05) is 0 Å². The maximum Gasteiger partial charge on any atom is 0.115 e. The molecule has 2 aromatic rings. The van der Waals surface area contributed by atoms with Crippen LogP contribution < -0.4 is 0 Å². The third kappa shape index (κ3) is 2.80. The van der Waals surface area contributed by atoms with Gasteiger partial charge in [-0.15, -0.1) is 0 Å². The lowest BCUT2D eigenvalue weighted by atomic mass is 9.89. The molecule has 1 N–H and O–H groups in total. The molecule has 2 rings (SSSR count). The van der Waals surface area contributed by atoms with E-state index in [0.717, 1.165) is 11.4 Å².